The minimum atomic E-state index is 0.116. The van der Waals surface area contributed by atoms with Gasteiger partial charge in [0.05, 0.1) is 13.4 Å². The van der Waals surface area contributed by atoms with E-state index >= 15 is 0 Å². The predicted octanol–water partition coefficient (Wildman–Crippen LogP) is 4.01. The van der Waals surface area contributed by atoms with Crippen LogP contribution in [0.1, 0.15) is 17.0 Å². The van der Waals surface area contributed by atoms with E-state index in [-0.39, 0.29) is 12.4 Å². The zero-order valence-corrected chi connectivity index (χ0v) is 13.9. The van der Waals surface area contributed by atoms with E-state index in [0.717, 1.165) is 5.56 Å². The van der Waals surface area contributed by atoms with Crippen LogP contribution >= 0.6 is 0 Å². The van der Waals surface area contributed by atoms with Crippen LogP contribution in [-0.4, -0.2) is 18.4 Å². The molecule has 0 radical (unpaired) electrons. The minimum absolute atomic E-state index is 0.116. The number of benzene rings is 1. The lowest BCUT2D eigenvalue weighted by atomic mass is 10.2. The minimum Gasteiger partial charge on any atom is -0.497 e. The molecule has 3 rings (SSSR count). The second-order valence-electron chi connectivity index (χ2n) is 5.23. The summed E-state index contributed by atoms with van der Waals surface area (Å²) < 4.78 is 21.6. The van der Waals surface area contributed by atoms with Crippen molar-refractivity contribution in [1.29, 1.82) is 0 Å². The Kier molecular flexibility index (Phi) is 4.99. The van der Waals surface area contributed by atoms with Gasteiger partial charge in [-0.05, 0) is 42.8 Å². The summed E-state index contributed by atoms with van der Waals surface area (Å²) >= 11 is 0. The molecule has 2 aromatic heterocycles. The highest BCUT2D eigenvalue weighted by Gasteiger charge is 2.14. The van der Waals surface area contributed by atoms with E-state index in [9.17, 15) is 4.79 Å². The van der Waals surface area contributed by atoms with E-state index in [4.69, 9.17) is 18.3 Å². The lowest BCUT2D eigenvalue weighted by molar-refractivity contribution is -0.107. The number of ether oxygens (including phenoxy) is 2. The number of carbonyl (C=O) groups is 1. The maximum Gasteiger partial charge on any atom is 0.263 e. The number of nitrogens with zero attached hydrogens (tertiary/aromatic N) is 1. The molecule has 1 aromatic carbocycles. The van der Waals surface area contributed by atoms with Crippen molar-refractivity contribution in [3.05, 3.63) is 65.4 Å². The Balaban J connectivity index is 1.73. The molecule has 0 unspecified atom stereocenters. The Morgan fingerprint density at radius 3 is 2.88 bits per heavy atom. The van der Waals surface area contributed by atoms with E-state index in [1.807, 2.05) is 24.3 Å². The number of carbonyl (C=O) groups excluding carboxylic acids is 1. The van der Waals surface area contributed by atoms with Crippen LogP contribution < -0.4 is 4.74 Å². The molecule has 0 aliphatic carbocycles. The first-order valence-electron chi connectivity index (χ1n) is 7.63. The Labute approximate surface area is 144 Å². The molecule has 3 aromatic rings. The molecule has 0 spiro atoms. The fraction of sp³-hybridized carbons (Fsp3) is 0.158. The number of hydrogen-bond acceptors (Lipinski definition) is 6. The Hall–Kier alpha value is -3.28. The number of rotatable bonds is 7. The summed E-state index contributed by atoms with van der Waals surface area (Å²) in [6.07, 6.45) is 3.84. The van der Waals surface area contributed by atoms with Crippen LogP contribution in [-0.2, 0) is 16.1 Å². The summed E-state index contributed by atoms with van der Waals surface area (Å²) in [5.74, 6) is 2.42. The van der Waals surface area contributed by atoms with Crippen LogP contribution in [0.2, 0.25) is 0 Å². The van der Waals surface area contributed by atoms with Gasteiger partial charge in [0.15, 0.2) is 17.8 Å². The molecule has 0 amide bonds. The predicted molar refractivity (Wildman–Crippen MR) is 90.8 cm³/mol. The molecule has 128 valence electrons. The third-order valence-corrected chi connectivity index (χ3v) is 3.52. The quantitative estimate of drug-likeness (QED) is 0.368. The number of aromatic nitrogens is 1. The summed E-state index contributed by atoms with van der Waals surface area (Å²) in [5, 5.41) is 0. The Morgan fingerprint density at radius 2 is 2.16 bits per heavy atom. The van der Waals surface area contributed by atoms with Crippen molar-refractivity contribution in [2.45, 2.75) is 13.5 Å². The lowest BCUT2D eigenvalue weighted by Gasteiger charge is -2.05. The van der Waals surface area contributed by atoms with Crippen molar-refractivity contribution in [1.82, 2.24) is 4.98 Å². The van der Waals surface area contributed by atoms with Crippen LogP contribution in [0.15, 0.2) is 57.3 Å². The second-order valence-corrected chi connectivity index (χ2v) is 5.23. The first-order chi connectivity index (χ1) is 12.2. The van der Waals surface area contributed by atoms with E-state index < -0.39 is 0 Å². The van der Waals surface area contributed by atoms with Gasteiger partial charge in [0.2, 0.25) is 0 Å². The highest BCUT2D eigenvalue weighted by Crippen LogP contribution is 2.23. The van der Waals surface area contributed by atoms with Crippen LogP contribution in [0.3, 0.4) is 0 Å². The molecule has 6 nitrogen and oxygen atoms in total. The van der Waals surface area contributed by atoms with E-state index in [0.29, 0.717) is 35.1 Å². The van der Waals surface area contributed by atoms with Gasteiger partial charge in [0, 0.05) is 0 Å². The fourth-order valence-electron chi connectivity index (χ4n) is 2.22. The fourth-order valence-corrected chi connectivity index (χ4v) is 2.22. The van der Waals surface area contributed by atoms with Crippen LogP contribution in [0.5, 0.6) is 5.75 Å². The average Bonchev–Trinajstić information content (AvgIpc) is 3.28. The lowest BCUT2D eigenvalue weighted by Crippen LogP contribution is -1.97. The van der Waals surface area contributed by atoms with Gasteiger partial charge in [-0.2, -0.15) is 0 Å². The SMILES string of the molecule is COc1cccc(C=C(C=O)OCc2nc(-c3ccco3)oc2C)c1. The standard InChI is InChI=1S/C19H17NO5/c1-13-17(20-19(25-13)18-7-4-8-23-18)12-24-16(11-21)10-14-5-3-6-15(9-14)22-2/h3-11H,12H2,1-2H3. The van der Waals surface area contributed by atoms with Crippen LogP contribution in [0.4, 0.5) is 0 Å². The largest absolute Gasteiger partial charge is 0.497 e. The van der Waals surface area contributed by atoms with Crippen molar-refractivity contribution in [2.75, 3.05) is 7.11 Å². The third-order valence-electron chi connectivity index (χ3n) is 3.52. The monoisotopic (exact) mass is 339 g/mol. The van der Waals surface area contributed by atoms with Gasteiger partial charge in [-0.1, -0.05) is 12.1 Å². The zero-order valence-electron chi connectivity index (χ0n) is 13.9. The summed E-state index contributed by atoms with van der Waals surface area (Å²) in [6.45, 7) is 1.90. The number of aryl methyl sites for hydroxylation is 1. The first kappa shape index (κ1) is 16.6. The number of furan rings is 1. The number of oxazole rings is 1. The van der Waals surface area contributed by atoms with Gasteiger partial charge >= 0.3 is 0 Å². The molecular weight excluding hydrogens is 322 g/mol. The van der Waals surface area contributed by atoms with Gasteiger partial charge < -0.3 is 18.3 Å². The first-order valence-corrected chi connectivity index (χ1v) is 7.63. The summed E-state index contributed by atoms with van der Waals surface area (Å²) in [6, 6.07) is 10.8. The molecule has 0 N–H and O–H groups in total. The van der Waals surface area contributed by atoms with Gasteiger partial charge in [-0.3, -0.25) is 4.79 Å². The smallest absolute Gasteiger partial charge is 0.263 e. The Bertz CT molecular complexity index is 877. The van der Waals surface area contributed by atoms with Crippen molar-refractivity contribution in [3.63, 3.8) is 0 Å². The second kappa shape index (κ2) is 7.53. The third kappa shape index (κ3) is 3.98. The van der Waals surface area contributed by atoms with E-state index in [1.165, 1.54) is 0 Å². The maximum atomic E-state index is 11.3. The van der Waals surface area contributed by atoms with E-state index in [2.05, 4.69) is 4.98 Å². The highest BCUT2D eigenvalue weighted by atomic mass is 16.5. The van der Waals surface area contributed by atoms with Crippen molar-refractivity contribution in [3.8, 4) is 17.4 Å². The molecule has 6 heteroatoms. The molecule has 0 atom stereocenters. The average molecular weight is 339 g/mol. The molecule has 0 fully saturated rings. The van der Waals surface area contributed by atoms with Crippen molar-refractivity contribution in [2.24, 2.45) is 0 Å². The van der Waals surface area contributed by atoms with Gasteiger partial charge in [-0.25, -0.2) is 4.98 Å². The topological polar surface area (TPSA) is 74.7 Å². The summed E-state index contributed by atoms with van der Waals surface area (Å²) in [5.41, 5.74) is 1.40. The van der Waals surface area contributed by atoms with Crippen LogP contribution in [0.25, 0.3) is 17.7 Å². The molecule has 0 saturated carbocycles. The van der Waals surface area contributed by atoms with Gasteiger partial charge in [0.25, 0.3) is 5.89 Å². The van der Waals surface area contributed by atoms with E-state index in [1.54, 1.807) is 38.5 Å². The molecule has 0 bridgehead atoms. The van der Waals surface area contributed by atoms with Gasteiger partial charge in [0.1, 0.15) is 23.8 Å². The molecule has 25 heavy (non-hydrogen) atoms. The highest BCUT2D eigenvalue weighted by molar-refractivity contribution is 5.79. The molecule has 2 heterocycles. The molecule has 0 aliphatic heterocycles. The van der Waals surface area contributed by atoms with Gasteiger partial charge in [-0.15, -0.1) is 0 Å². The number of methoxy groups -OCH3 is 1. The molecule has 0 saturated heterocycles. The number of aldehydes is 1. The maximum absolute atomic E-state index is 11.3. The molecule has 0 aliphatic rings. The number of hydrogen-bond donors (Lipinski definition) is 0. The van der Waals surface area contributed by atoms with Crippen molar-refractivity contribution < 1.29 is 23.1 Å². The molecular formula is C19H17NO5. The summed E-state index contributed by atoms with van der Waals surface area (Å²) in [4.78, 5) is 15.6. The number of allylic oxidation sites excluding steroid dienone is 1. The van der Waals surface area contributed by atoms with Crippen LogP contribution in [0, 0.1) is 6.92 Å². The van der Waals surface area contributed by atoms with Crippen molar-refractivity contribution >= 4 is 12.4 Å². The normalized spacial score (nSPS) is 11.4. The zero-order chi connectivity index (χ0) is 17.6. The Morgan fingerprint density at radius 1 is 1.28 bits per heavy atom. The summed E-state index contributed by atoms with van der Waals surface area (Å²) in [7, 11) is 1.59.